The molecule has 4 heteroatoms. The average Bonchev–Trinajstić information content (AvgIpc) is 2.40. The molecule has 72 valence electrons. The fourth-order valence-electron chi connectivity index (χ4n) is 1.95. The van der Waals surface area contributed by atoms with Gasteiger partial charge >= 0.3 is 0 Å². The number of hydrogen-bond donors (Lipinski definition) is 1. The van der Waals surface area contributed by atoms with Gasteiger partial charge in [-0.15, -0.1) is 0 Å². The summed E-state index contributed by atoms with van der Waals surface area (Å²) in [7, 11) is 4.11. The van der Waals surface area contributed by atoms with Gasteiger partial charge in [0.2, 0.25) is 0 Å². The molecule has 0 amide bonds. The van der Waals surface area contributed by atoms with Crippen molar-refractivity contribution in [1.29, 1.82) is 0 Å². The van der Waals surface area contributed by atoms with E-state index in [9.17, 15) is 0 Å². The first-order valence-corrected chi connectivity index (χ1v) is 4.64. The number of aryl methyl sites for hydroxylation is 1. The van der Waals surface area contributed by atoms with Gasteiger partial charge in [0.25, 0.3) is 0 Å². The average molecular weight is 180 g/mol. The Morgan fingerprint density at radius 1 is 1.46 bits per heavy atom. The van der Waals surface area contributed by atoms with Gasteiger partial charge in [-0.25, -0.2) is 0 Å². The molecule has 13 heavy (non-hydrogen) atoms. The molecule has 1 aromatic rings. The van der Waals surface area contributed by atoms with Crippen LogP contribution in [0.5, 0.6) is 0 Å². The fraction of sp³-hybridized carbons (Fsp3) is 0.667. The van der Waals surface area contributed by atoms with Crippen LogP contribution in [0.1, 0.15) is 17.0 Å². The molecule has 1 aliphatic heterocycles. The first-order chi connectivity index (χ1) is 6.22. The van der Waals surface area contributed by atoms with Gasteiger partial charge in [0, 0.05) is 38.7 Å². The minimum atomic E-state index is 0.590. The van der Waals surface area contributed by atoms with E-state index in [4.69, 9.17) is 5.73 Å². The van der Waals surface area contributed by atoms with E-state index in [1.54, 1.807) is 0 Å². The zero-order chi connectivity index (χ0) is 9.42. The molecule has 0 aromatic carbocycles. The van der Waals surface area contributed by atoms with Crippen LogP contribution in [0.15, 0.2) is 0 Å². The maximum absolute atomic E-state index is 5.69. The van der Waals surface area contributed by atoms with Gasteiger partial charge in [-0.1, -0.05) is 0 Å². The summed E-state index contributed by atoms with van der Waals surface area (Å²) in [5.41, 5.74) is 9.45. The van der Waals surface area contributed by atoms with Crippen molar-refractivity contribution in [1.82, 2.24) is 14.7 Å². The van der Waals surface area contributed by atoms with E-state index >= 15 is 0 Å². The summed E-state index contributed by atoms with van der Waals surface area (Å²) < 4.78 is 1.92. The number of rotatable bonds is 1. The van der Waals surface area contributed by atoms with E-state index < -0.39 is 0 Å². The maximum atomic E-state index is 5.69. The number of nitrogens with two attached hydrogens (primary N) is 1. The van der Waals surface area contributed by atoms with Crippen LogP contribution in [-0.2, 0) is 26.6 Å². The Morgan fingerprint density at radius 2 is 2.23 bits per heavy atom. The minimum absolute atomic E-state index is 0.590. The van der Waals surface area contributed by atoms with Crippen LogP contribution >= 0.6 is 0 Å². The van der Waals surface area contributed by atoms with Gasteiger partial charge in [0.1, 0.15) is 0 Å². The third-order valence-electron chi connectivity index (χ3n) is 2.71. The lowest BCUT2D eigenvalue weighted by Gasteiger charge is -2.21. The van der Waals surface area contributed by atoms with Crippen molar-refractivity contribution in [3.63, 3.8) is 0 Å². The first-order valence-electron chi connectivity index (χ1n) is 4.64. The lowest BCUT2D eigenvalue weighted by molar-refractivity contribution is 0.310. The molecule has 0 unspecified atom stereocenters. The Hall–Kier alpha value is -0.870. The largest absolute Gasteiger partial charge is 0.325 e. The standard InChI is InChI=1S/C9H16N4/c1-12-4-3-8-7(6-12)9(5-10)13(2)11-8/h3-6,10H2,1-2H3. The van der Waals surface area contributed by atoms with Crippen LogP contribution in [0.3, 0.4) is 0 Å². The zero-order valence-electron chi connectivity index (χ0n) is 8.25. The number of fused-ring (bicyclic) bond motifs is 1. The summed E-state index contributed by atoms with van der Waals surface area (Å²) in [6, 6.07) is 0. The highest BCUT2D eigenvalue weighted by Gasteiger charge is 2.20. The van der Waals surface area contributed by atoms with E-state index in [-0.39, 0.29) is 0 Å². The number of aromatic nitrogens is 2. The maximum Gasteiger partial charge on any atom is 0.0685 e. The van der Waals surface area contributed by atoms with Crippen LogP contribution in [0.25, 0.3) is 0 Å². The highest BCUT2D eigenvalue weighted by molar-refractivity contribution is 5.28. The summed E-state index contributed by atoms with van der Waals surface area (Å²) in [5.74, 6) is 0. The second-order valence-electron chi connectivity index (χ2n) is 3.69. The molecule has 0 spiro atoms. The van der Waals surface area contributed by atoms with Crippen molar-refractivity contribution >= 4 is 0 Å². The second kappa shape index (κ2) is 3.12. The Kier molecular flexibility index (Phi) is 2.09. The van der Waals surface area contributed by atoms with E-state index in [1.807, 2.05) is 11.7 Å². The fourth-order valence-corrected chi connectivity index (χ4v) is 1.95. The van der Waals surface area contributed by atoms with Crippen molar-refractivity contribution in [3.05, 3.63) is 17.0 Å². The number of nitrogens with zero attached hydrogens (tertiary/aromatic N) is 3. The third-order valence-corrected chi connectivity index (χ3v) is 2.71. The van der Waals surface area contributed by atoms with E-state index in [0.29, 0.717) is 6.54 Å². The van der Waals surface area contributed by atoms with E-state index in [1.165, 1.54) is 17.0 Å². The summed E-state index contributed by atoms with van der Waals surface area (Å²) in [4.78, 5) is 2.31. The summed E-state index contributed by atoms with van der Waals surface area (Å²) in [5, 5.41) is 4.47. The quantitative estimate of drug-likeness (QED) is 0.654. The molecule has 0 saturated carbocycles. The molecule has 0 atom stereocenters. The Morgan fingerprint density at radius 3 is 2.92 bits per heavy atom. The Balaban J connectivity index is 2.42. The molecular formula is C9H16N4. The molecule has 0 radical (unpaired) electrons. The van der Waals surface area contributed by atoms with Crippen molar-refractivity contribution < 1.29 is 0 Å². The van der Waals surface area contributed by atoms with Gasteiger partial charge in [-0.2, -0.15) is 5.10 Å². The third kappa shape index (κ3) is 1.36. The SMILES string of the molecule is CN1CCc2nn(C)c(CN)c2C1. The summed E-state index contributed by atoms with van der Waals surface area (Å²) >= 11 is 0. The molecule has 2 rings (SSSR count). The van der Waals surface area contributed by atoms with Crippen LogP contribution in [0, 0.1) is 0 Å². The molecule has 2 heterocycles. The van der Waals surface area contributed by atoms with Crippen LogP contribution < -0.4 is 5.73 Å². The van der Waals surface area contributed by atoms with Crippen LogP contribution in [0.2, 0.25) is 0 Å². The van der Waals surface area contributed by atoms with E-state index in [0.717, 1.165) is 19.5 Å². The molecule has 0 saturated heterocycles. The topological polar surface area (TPSA) is 47.1 Å². The minimum Gasteiger partial charge on any atom is -0.325 e. The van der Waals surface area contributed by atoms with E-state index in [2.05, 4.69) is 17.0 Å². The zero-order valence-corrected chi connectivity index (χ0v) is 8.25. The molecule has 1 aromatic heterocycles. The number of likely N-dealkylation sites (N-methyl/N-ethyl adjacent to an activating group) is 1. The van der Waals surface area contributed by atoms with Gasteiger partial charge in [0.15, 0.2) is 0 Å². The molecule has 0 aliphatic carbocycles. The Labute approximate surface area is 78.3 Å². The highest BCUT2D eigenvalue weighted by atomic mass is 15.3. The lowest BCUT2D eigenvalue weighted by Crippen LogP contribution is -2.26. The van der Waals surface area contributed by atoms with Gasteiger partial charge in [0.05, 0.1) is 11.4 Å². The monoisotopic (exact) mass is 180 g/mol. The molecule has 4 nitrogen and oxygen atoms in total. The predicted molar refractivity (Wildman–Crippen MR) is 51.1 cm³/mol. The lowest BCUT2D eigenvalue weighted by atomic mass is 10.1. The highest BCUT2D eigenvalue weighted by Crippen LogP contribution is 2.20. The summed E-state index contributed by atoms with van der Waals surface area (Å²) in [6.45, 7) is 2.69. The second-order valence-corrected chi connectivity index (χ2v) is 3.69. The van der Waals surface area contributed by atoms with Gasteiger partial charge in [-0.05, 0) is 7.05 Å². The van der Waals surface area contributed by atoms with Crippen LogP contribution in [-0.4, -0.2) is 28.3 Å². The molecule has 2 N–H and O–H groups in total. The normalized spacial score (nSPS) is 17.5. The number of hydrogen-bond acceptors (Lipinski definition) is 3. The summed E-state index contributed by atoms with van der Waals surface area (Å²) in [6.07, 6.45) is 1.06. The molecule has 1 aliphatic rings. The van der Waals surface area contributed by atoms with Crippen molar-refractivity contribution in [2.45, 2.75) is 19.5 Å². The molecule has 0 fully saturated rings. The Bertz CT molecular complexity index is 316. The van der Waals surface area contributed by atoms with Crippen LogP contribution in [0.4, 0.5) is 0 Å². The van der Waals surface area contributed by atoms with Crippen molar-refractivity contribution in [2.75, 3.05) is 13.6 Å². The van der Waals surface area contributed by atoms with Crippen molar-refractivity contribution in [3.8, 4) is 0 Å². The first kappa shape index (κ1) is 8.72. The van der Waals surface area contributed by atoms with Gasteiger partial charge < -0.3 is 10.6 Å². The van der Waals surface area contributed by atoms with Crippen molar-refractivity contribution in [2.24, 2.45) is 12.8 Å². The molecular weight excluding hydrogens is 164 g/mol. The predicted octanol–water partition coefficient (Wildman–Crippen LogP) is -0.133. The smallest absolute Gasteiger partial charge is 0.0685 e. The van der Waals surface area contributed by atoms with Gasteiger partial charge in [-0.3, -0.25) is 4.68 Å². The molecule has 0 bridgehead atoms.